The molecule has 4 aliphatic rings. The van der Waals surface area contributed by atoms with Gasteiger partial charge in [0, 0.05) is 67.1 Å². The Balaban J connectivity index is 1.71. The largest absolute Gasteiger partial charge is 0.168 e. The van der Waals surface area contributed by atoms with Crippen LogP contribution in [0, 0.1) is 5.41 Å². The first kappa shape index (κ1) is 40.8. The van der Waals surface area contributed by atoms with Crippen LogP contribution in [0.3, 0.4) is 0 Å². The summed E-state index contributed by atoms with van der Waals surface area (Å²) < 4.78 is 0.671. The van der Waals surface area contributed by atoms with Crippen molar-refractivity contribution in [2.24, 2.45) is 5.41 Å². The van der Waals surface area contributed by atoms with E-state index >= 15 is 0 Å². The standard InChI is InChI=1S/C21H36S20/c22-5-30-17(31-6-23)1-13(38-17)21(14-2-18(39-14,32-7-24)33-8-25,15-3-19(40-15,34-9-26)35-10-27)16-4-20(41-16,36-11-28)37-12-29/h13-16,22-29H,1-12H2. The van der Waals surface area contributed by atoms with Crippen LogP contribution < -0.4 is 0 Å². The summed E-state index contributed by atoms with van der Waals surface area (Å²) in [6.45, 7) is 0. The van der Waals surface area contributed by atoms with Crippen LogP contribution in [0.4, 0.5) is 0 Å². The number of hydrogen-bond acceptors (Lipinski definition) is 20. The molecule has 0 aliphatic carbocycles. The van der Waals surface area contributed by atoms with Crippen LogP contribution >= 0.6 is 242 Å². The van der Waals surface area contributed by atoms with Gasteiger partial charge in [-0.1, -0.05) is 0 Å². The van der Waals surface area contributed by atoms with Gasteiger partial charge in [0.15, 0.2) is 0 Å². The van der Waals surface area contributed by atoms with Crippen LogP contribution in [0.25, 0.3) is 0 Å². The Morgan fingerprint density at radius 1 is 0.390 bits per heavy atom. The molecule has 0 saturated carbocycles. The molecule has 4 heterocycles. The lowest BCUT2D eigenvalue weighted by Crippen LogP contribution is -2.70. The molecule has 0 amide bonds. The molecule has 0 aromatic rings. The van der Waals surface area contributed by atoms with E-state index in [0.717, 1.165) is 40.7 Å². The van der Waals surface area contributed by atoms with Gasteiger partial charge in [-0.05, 0) is 25.7 Å². The molecule has 4 aliphatic heterocycles. The summed E-state index contributed by atoms with van der Waals surface area (Å²) in [5.74, 6) is 0. The second-order valence-electron chi connectivity index (χ2n) is 9.16. The molecule has 0 N–H and O–H groups in total. The number of hydrogen-bond donors (Lipinski definition) is 8. The molecule has 4 atom stereocenters. The predicted octanol–water partition coefficient (Wildman–Crippen LogP) is 11.6. The van der Waals surface area contributed by atoms with Crippen LogP contribution in [0.1, 0.15) is 25.7 Å². The van der Waals surface area contributed by atoms with Crippen LogP contribution in [-0.2, 0) is 0 Å². The molecule has 4 saturated heterocycles. The Hall–Kier alpha value is 7.00. The first-order chi connectivity index (χ1) is 19.7. The van der Waals surface area contributed by atoms with E-state index in [4.69, 9.17) is 0 Å². The maximum absolute atomic E-state index is 4.65. The lowest BCUT2D eigenvalue weighted by Gasteiger charge is -2.71. The molecule has 0 aromatic heterocycles. The van der Waals surface area contributed by atoms with Crippen molar-refractivity contribution in [1.29, 1.82) is 0 Å². The van der Waals surface area contributed by atoms with Gasteiger partial charge in [-0.3, -0.25) is 0 Å². The highest BCUT2D eigenvalue weighted by molar-refractivity contribution is 8.40. The zero-order valence-electron chi connectivity index (χ0n) is 21.8. The van der Waals surface area contributed by atoms with E-state index in [9.17, 15) is 0 Å². The Kier molecular flexibility index (Phi) is 18.6. The fourth-order valence-corrected chi connectivity index (χ4v) is 35.3. The van der Waals surface area contributed by atoms with Gasteiger partial charge in [0.05, 0.1) is 0 Å². The maximum Gasteiger partial charge on any atom is 0.109 e. The number of thioether (sulfide) groups is 12. The summed E-state index contributed by atoms with van der Waals surface area (Å²) in [5, 5.41) is 9.28. The second kappa shape index (κ2) is 18.7. The normalized spacial score (nSPS) is 32.2. The highest BCUT2D eigenvalue weighted by Gasteiger charge is 2.73. The van der Waals surface area contributed by atoms with Crippen molar-refractivity contribution in [3.05, 3.63) is 0 Å². The van der Waals surface area contributed by atoms with Gasteiger partial charge in [-0.15, -0.1) is 141 Å². The van der Waals surface area contributed by atoms with Gasteiger partial charge >= 0.3 is 0 Å². The first-order valence-corrected chi connectivity index (χ1v) is 28.9. The average molecular weight is 930 g/mol. The van der Waals surface area contributed by atoms with Crippen LogP contribution in [-0.4, -0.2) is 75.3 Å². The third-order valence-corrected chi connectivity index (χ3v) is 30.0. The van der Waals surface area contributed by atoms with Crippen molar-refractivity contribution in [2.45, 2.75) is 60.3 Å². The van der Waals surface area contributed by atoms with Crippen molar-refractivity contribution in [2.75, 3.05) is 40.7 Å². The van der Waals surface area contributed by atoms with Crippen LogP contribution in [0.5, 0.6) is 0 Å². The molecular formula is C21H36S20. The molecule has 0 nitrogen and oxygen atoms in total. The smallest absolute Gasteiger partial charge is 0.109 e. The van der Waals surface area contributed by atoms with Gasteiger partial charge in [0.2, 0.25) is 0 Å². The molecule has 4 rings (SSSR count). The maximum atomic E-state index is 4.65. The Morgan fingerprint density at radius 3 is 0.659 bits per heavy atom. The molecule has 4 fully saturated rings. The van der Waals surface area contributed by atoms with Gasteiger partial charge in [0.1, 0.15) is 13.6 Å². The Bertz CT molecular complexity index is 639. The van der Waals surface area contributed by atoms with Gasteiger partial charge in [-0.25, -0.2) is 0 Å². The van der Waals surface area contributed by atoms with Gasteiger partial charge in [-0.2, -0.15) is 101 Å². The summed E-state index contributed by atoms with van der Waals surface area (Å²) in [7, 11) is 0. The minimum Gasteiger partial charge on any atom is -0.168 e. The van der Waals surface area contributed by atoms with E-state index in [0.29, 0.717) is 21.0 Å². The molecule has 0 spiro atoms. The molecule has 41 heavy (non-hydrogen) atoms. The Morgan fingerprint density at radius 2 is 0.537 bits per heavy atom. The summed E-state index contributed by atoms with van der Waals surface area (Å²) in [6, 6.07) is 0. The van der Waals surface area contributed by atoms with Gasteiger partial charge in [0.25, 0.3) is 0 Å². The van der Waals surface area contributed by atoms with E-state index < -0.39 is 0 Å². The molecule has 4 unspecified atom stereocenters. The second-order valence-corrected chi connectivity index (χ2v) is 34.4. The highest BCUT2D eigenvalue weighted by atomic mass is 32.3. The van der Waals surface area contributed by atoms with Crippen molar-refractivity contribution >= 4 is 242 Å². The fourth-order valence-electron chi connectivity index (χ4n) is 5.79. The van der Waals surface area contributed by atoms with Crippen LogP contribution in [0.15, 0.2) is 0 Å². The van der Waals surface area contributed by atoms with Crippen molar-refractivity contribution in [3.8, 4) is 0 Å². The zero-order valence-corrected chi connectivity index (χ0v) is 38.7. The molecule has 20 heteroatoms. The SMILES string of the molecule is SCSC1(SCS)CC(C(C2CC(SCS)(SCS)S2)(C2CC(SCS)(SCS)S2)C2CC(SCS)(SCS)S2)S1. The lowest BCUT2D eigenvalue weighted by molar-refractivity contribution is 0.191. The Labute approximate surface area is 343 Å². The fraction of sp³-hybridized carbons (Fsp3) is 1.00. The summed E-state index contributed by atoms with van der Waals surface area (Å²) in [5.41, 5.74) is 0.232. The van der Waals surface area contributed by atoms with E-state index in [1.807, 2.05) is 94.1 Å². The molecule has 0 radical (unpaired) electrons. The van der Waals surface area contributed by atoms with Crippen molar-refractivity contribution in [3.63, 3.8) is 0 Å². The quantitative estimate of drug-likeness (QED) is 0.0433. The number of thiol groups is 8. The van der Waals surface area contributed by atoms with Crippen molar-refractivity contribution < 1.29 is 0 Å². The van der Waals surface area contributed by atoms with Crippen LogP contribution in [0.2, 0.25) is 0 Å². The molecule has 240 valence electrons. The van der Waals surface area contributed by atoms with E-state index in [-0.39, 0.29) is 19.1 Å². The minimum absolute atomic E-state index is 0.168. The lowest BCUT2D eigenvalue weighted by atomic mass is 9.69. The molecule has 0 aromatic carbocycles. The third kappa shape index (κ3) is 8.97. The monoisotopic (exact) mass is 928 g/mol. The van der Waals surface area contributed by atoms with E-state index in [2.05, 4.69) is 148 Å². The summed E-state index contributed by atoms with van der Waals surface area (Å²) in [4.78, 5) is 0. The summed E-state index contributed by atoms with van der Waals surface area (Å²) >= 11 is 62.3. The van der Waals surface area contributed by atoms with Gasteiger partial charge < -0.3 is 0 Å². The van der Waals surface area contributed by atoms with Crippen molar-refractivity contribution in [1.82, 2.24) is 0 Å². The third-order valence-electron chi connectivity index (χ3n) is 7.54. The zero-order chi connectivity index (χ0) is 29.8. The number of rotatable bonds is 20. The molecule has 0 bridgehead atoms. The van der Waals surface area contributed by atoms with E-state index in [1.165, 1.54) is 25.7 Å². The highest BCUT2D eigenvalue weighted by Crippen LogP contribution is 2.81. The minimum atomic E-state index is 0.168. The average Bonchev–Trinajstić information content (AvgIpc) is 2.85. The molecular weight excluding hydrogens is 894 g/mol. The topological polar surface area (TPSA) is 0 Å². The summed E-state index contributed by atoms with van der Waals surface area (Å²) in [6.07, 6.45) is 4.91. The first-order valence-electron chi connectivity index (χ1n) is 12.4. The predicted molar refractivity (Wildman–Crippen MR) is 249 cm³/mol. The van der Waals surface area contributed by atoms with E-state index in [1.54, 1.807) is 0 Å².